The van der Waals surface area contributed by atoms with Gasteiger partial charge in [0, 0.05) is 12.4 Å². The van der Waals surface area contributed by atoms with Crippen molar-refractivity contribution in [2.45, 2.75) is 6.54 Å². The summed E-state index contributed by atoms with van der Waals surface area (Å²) in [6.07, 6.45) is 4.30. The minimum absolute atomic E-state index is 0.146. The molecule has 1 aliphatic heterocycles. The zero-order valence-electron chi connectivity index (χ0n) is 7.66. The molecule has 2 heterocycles. The van der Waals surface area contributed by atoms with Gasteiger partial charge in [-0.25, -0.2) is 4.72 Å². The summed E-state index contributed by atoms with van der Waals surface area (Å²) in [5, 5.41) is 9.03. The molecular weight excluding hydrogens is 218 g/mol. The Morgan fingerprint density at radius 2 is 2.33 bits per heavy atom. The van der Waals surface area contributed by atoms with E-state index < -0.39 is 10.2 Å². The van der Waals surface area contributed by atoms with Crippen molar-refractivity contribution in [2.75, 3.05) is 0 Å². The highest BCUT2D eigenvalue weighted by atomic mass is 32.2. The Bertz CT molecular complexity index is 483. The normalized spacial score (nSPS) is 18.4. The standard InChI is InChI=1S/C8H9N3O3S/c12-8-6-11(15(13,14)10-8)5-7-2-1-3-9-4-7/h1-4,6,10,12H,5H2. The van der Waals surface area contributed by atoms with E-state index in [-0.39, 0.29) is 12.4 Å². The summed E-state index contributed by atoms with van der Waals surface area (Å²) >= 11 is 0. The minimum atomic E-state index is -3.62. The second-order valence-corrected chi connectivity index (χ2v) is 4.65. The quantitative estimate of drug-likeness (QED) is 0.750. The molecule has 1 aromatic heterocycles. The maximum absolute atomic E-state index is 11.4. The molecule has 0 saturated heterocycles. The van der Waals surface area contributed by atoms with Crippen molar-refractivity contribution in [1.82, 2.24) is 14.0 Å². The van der Waals surface area contributed by atoms with Gasteiger partial charge in [0.2, 0.25) is 5.88 Å². The number of aliphatic hydroxyl groups is 1. The van der Waals surface area contributed by atoms with Crippen LogP contribution in [0.3, 0.4) is 0 Å². The van der Waals surface area contributed by atoms with Gasteiger partial charge in [0.25, 0.3) is 0 Å². The number of hydrogen-bond donors (Lipinski definition) is 2. The van der Waals surface area contributed by atoms with Gasteiger partial charge in [0.1, 0.15) is 0 Å². The second-order valence-electron chi connectivity index (χ2n) is 3.03. The number of rotatable bonds is 2. The molecule has 2 N–H and O–H groups in total. The molecule has 7 heteroatoms. The van der Waals surface area contributed by atoms with Gasteiger partial charge >= 0.3 is 10.2 Å². The van der Waals surface area contributed by atoms with E-state index >= 15 is 0 Å². The summed E-state index contributed by atoms with van der Waals surface area (Å²) in [5.74, 6) is -0.376. The van der Waals surface area contributed by atoms with Crippen molar-refractivity contribution < 1.29 is 13.5 Å². The van der Waals surface area contributed by atoms with Gasteiger partial charge in [0.15, 0.2) is 0 Å². The van der Waals surface area contributed by atoms with Crippen LogP contribution >= 0.6 is 0 Å². The summed E-state index contributed by atoms with van der Waals surface area (Å²) < 4.78 is 25.7. The van der Waals surface area contributed by atoms with Gasteiger partial charge in [-0.1, -0.05) is 6.07 Å². The lowest BCUT2D eigenvalue weighted by Crippen LogP contribution is -2.29. The third-order valence-electron chi connectivity index (χ3n) is 1.87. The van der Waals surface area contributed by atoms with Gasteiger partial charge < -0.3 is 5.11 Å². The molecule has 0 saturated carbocycles. The number of aliphatic hydroxyl groups excluding tert-OH is 1. The average Bonchev–Trinajstić information content (AvgIpc) is 2.41. The third kappa shape index (κ3) is 2.01. The zero-order valence-corrected chi connectivity index (χ0v) is 8.48. The molecule has 80 valence electrons. The van der Waals surface area contributed by atoms with Crippen molar-refractivity contribution in [3.05, 3.63) is 42.2 Å². The highest BCUT2D eigenvalue weighted by molar-refractivity contribution is 7.87. The van der Waals surface area contributed by atoms with Crippen LogP contribution in [-0.2, 0) is 16.8 Å². The second kappa shape index (κ2) is 3.43. The van der Waals surface area contributed by atoms with Crippen LogP contribution < -0.4 is 4.72 Å². The van der Waals surface area contributed by atoms with Crippen LogP contribution in [0.2, 0.25) is 0 Å². The Labute approximate surface area is 87.1 Å². The fourth-order valence-electron chi connectivity index (χ4n) is 1.23. The smallest absolute Gasteiger partial charge is 0.326 e. The van der Waals surface area contributed by atoms with Gasteiger partial charge in [0.05, 0.1) is 12.7 Å². The molecule has 1 aromatic rings. The third-order valence-corrected chi connectivity index (χ3v) is 3.19. The molecule has 6 nitrogen and oxygen atoms in total. The Morgan fingerprint density at radius 3 is 2.87 bits per heavy atom. The first kappa shape index (κ1) is 9.78. The molecule has 0 amide bonds. The molecular formula is C8H9N3O3S. The van der Waals surface area contributed by atoms with Crippen LogP contribution in [0.25, 0.3) is 0 Å². The number of nitrogens with one attached hydrogen (secondary N) is 1. The van der Waals surface area contributed by atoms with Crippen LogP contribution in [-0.4, -0.2) is 22.8 Å². The molecule has 0 bridgehead atoms. The molecule has 0 radical (unpaired) electrons. The van der Waals surface area contributed by atoms with Crippen molar-refractivity contribution in [3.63, 3.8) is 0 Å². The van der Waals surface area contributed by atoms with Gasteiger partial charge in [-0.05, 0) is 11.6 Å². The lowest BCUT2D eigenvalue weighted by molar-refractivity contribution is 0.390. The van der Waals surface area contributed by atoms with E-state index in [2.05, 4.69) is 4.98 Å². The molecule has 0 aliphatic carbocycles. The summed E-state index contributed by atoms with van der Waals surface area (Å²) in [5.41, 5.74) is 0.744. The van der Waals surface area contributed by atoms with Crippen molar-refractivity contribution in [2.24, 2.45) is 0 Å². The van der Waals surface area contributed by atoms with Crippen molar-refractivity contribution >= 4 is 10.2 Å². The summed E-state index contributed by atoms with van der Waals surface area (Å²) in [7, 11) is -3.62. The highest BCUT2D eigenvalue weighted by Gasteiger charge is 2.26. The molecule has 1 aliphatic rings. The van der Waals surface area contributed by atoms with Gasteiger partial charge in [-0.2, -0.15) is 8.42 Å². The van der Waals surface area contributed by atoms with Gasteiger partial charge in [-0.15, -0.1) is 0 Å². The van der Waals surface area contributed by atoms with E-state index in [1.807, 2.05) is 4.72 Å². The lowest BCUT2D eigenvalue weighted by Gasteiger charge is -2.12. The van der Waals surface area contributed by atoms with Crippen molar-refractivity contribution in [3.8, 4) is 0 Å². The van der Waals surface area contributed by atoms with E-state index in [1.54, 1.807) is 24.5 Å². The zero-order chi connectivity index (χ0) is 10.9. The first-order valence-corrected chi connectivity index (χ1v) is 5.61. The number of nitrogens with zero attached hydrogens (tertiary/aromatic N) is 2. The summed E-state index contributed by atoms with van der Waals surface area (Å²) in [6, 6.07) is 3.47. The minimum Gasteiger partial charge on any atom is -0.493 e. The van der Waals surface area contributed by atoms with Gasteiger partial charge in [-0.3, -0.25) is 9.29 Å². The van der Waals surface area contributed by atoms with Crippen LogP contribution in [0, 0.1) is 0 Å². The van der Waals surface area contributed by atoms with Crippen LogP contribution in [0.5, 0.6) is 0 Å². The first-order chi connectivity index (χ1) is 7.08. The number of aromatic nitrogens is 1. The van der Waals surface area contributed by atoms with Crippen molar-refractivity contribution in [1.29, 1.82) is 0 Å². The topological polar surface area (TPSA) is 82.5 Å². The molecule has 0 fully saturated rings. The van der Waals surface area contributed by atoms with Crippen LogP contribution in [0.15, 0.2) is 36.6 Å². The maximum Gasteiger partial charge on any atom is 0.326 e. The molecule has 15 heavy (non-hydrogen) atoms. The molecule has 0 aromatic carbocycles. The largest absolute Gasteiger partial charge is 0.493 e. The predicted octanol–water partition coefficient (Wildman–Crippen LogP) is 0.0885. The Balaban J connectivity index is 2.20. The van der Waals surface area contributed by atoms with E-state index in [0.29, 0.717) is 0 Å². The first-order valence-electron chi connectivity index (χ1n) is 4.17. The lowest BCUT2D eigenvalue weighted by atomic mass is 10.3. The summed E-state index contributed by atoms with van der Waals surface area (Å²) in [6.45, 7) is 0.146. The average molecular weight is 227 g/mol. The van der Waals surface area contributed by atoms with Crippen LogP contribution in [0.4, 0.5) is 0 Å². The predicted molar refractivity (Wildman–Crippen MR) is 52.5 cm³/mol. The molecule has 0 unspecified atom stereocenters. The SMILES string of the molecule is O=S1(=O)NC(O)=CN1Cc1cccnc1. The van der Waals surface area contributed by atoms with E-state index in [0.717, 1.165) is 16.1 Å². The van der Waals surface area contributed by atoms with Crippen LogP contribution in [0.1, 0.15) is 5.56 Å². The number of pyridine rings is 1. The molecule has 2 rings (SSSR count). The Morgan fingerprint density at radius 1 is 1.53 bits per heavy atom. The maximum atomic E-state index is 11.4. The number of hydrogen-bond acceptors (Lipinski definition) is 4. The van der Waals surface area contributed by atoms with E-state index in [9.17, 15) is 8.42 Å². The fourth-order valence-corrected chi connectivity index (χ4v) is 2.22. The Kier molecular flexibility index (Phi) is 2.24. The molecule has 0 atom stereocenters. The summed E-state index contributed by atoms with van der Waals surface area (Å²) in [4.78, 5) is 3.87. The van der Waals surface area contributed by atoms with E-state index in [4.69, 9.17) is 5.11 Å². The monoisotopic (exact) mass is 227 g/mol. The molecule has 0 spiro atoms. The van der Waals surface area contributed by atoms with E-state index in [1.165, 1.54) is 0 Å². The fraction of sp³-hybridized carbons (Fsp3) is 0.125. The Hall–Kier alpha value is -1.76. The highest BCUT2D eigenvalue weighted by Crippen LogP contribution is 2.14.